The van der Waals surface area contributed by atoms with Crippen LogP contribution in [0, 0.1) is 0 Å². The Labute approximate surface area is 134 Å². The first-order chi connectivity index (χ1) is 11.2. The first-order valence-corrected chi connectivity index (χ1v) is 8.62. The molecule has 0 bridgehead atoms. The zero-order chi connectivity index (χ0) is 15.8. The molecule has 6 heteroatoms. The third-order valence-corrected chi connectivity index (χ3v) is 4.59. The molecule has 1 atom stereocenters. The van der Waals surface area contributed by atoms with Gasteiger partial charge in [-0.05, 0) is 30.3 Å². The molecule has 1 unspecified atom stereocenters. The average Bonchev–Trinajstić information content (AvgIpc) is 3.24. The van der Waals surface area contributed by atoms with Gasteiger partial charge in [-0.2, -0.15) is 4.98 Å². The molecule has 0 aliphatic heterocycles. The summed E-state index contributed by atoms with van der Waals surface area (Å²) in [7, 11) is -1.05. The second-order valence-electron chi connectivity index (χ2n) is 5.15. The van der Waals surface area contributed by atoms with Gasteiger partial charge < -0.3 is 9.51 Å². The molecule has 5 nitrogen and oxygen atoms in total. The van der Waals surface area contributed by atoms with Crippen LogP contribution in [0.5, 0.6) is 0 Å². The lowest BCUT2D eigenvalue weighted by Gasteiger charge is -1.98. The molecule has 23 heavy (non-hydrogen) atoms. The van der Waals surface area contributed by atoms with Crippen LogP contribution in [0.2, 0.25) is 0 Å². The molecule has 0 saturated carbocycles. The van der Waals surface area contributed by atoms with E-state index in [0.717, 1.165) is 26.9 Å². The van der Waals surface area contributed by atoms with Crippen molar-refractivity contribution in [1.82, 2.24) is 15.1 Å². The fourth-order valence-electron chi connectivity index (χ4n) is 2.54. The summed E-state index contributed by atoms with van der Waals surface area (Å²) in [6, 6.07) is 15.2. The molecule has 0 aliphatic carbocycles. The van der Waals surface area contributed by atoms with E-state index in [-0.39, 0.29) is 0 Å². The topological polar surface area (TPSA) is 71.8 Å². The van der Waals surface area contributed by atoms with E-state index in [4.69, 9.17) is 4.52 Å². The van der Waals surface area contributed by atoms with E-state index in [2.05, 4.69) is 15.1 Å². The lowest BCUT2D eigenvalue weighted by atomic mass is 10.1. The van der Waals surface area contributed by atoms with Crippen molar-refractivity contribution in [2.24, 2.45) is 0 Å². The van der Waals surface area contributed by atoms with Crippen molar-refractivity contribution in [3.63, 3.8) is 0 Å². The van der Waals surface area contributed by atoms with Crippen LogP contribution in [0.25, 0.3) is 33.7 Å². The summed E-state index contributed by atoms with van der Waals surface area (Å²) in [6.45, 7) is 0. The zero-order valence-electron chi connectivity index (χ0n) is 12.3. The molecule has 0 aliphatic rings. The second kappa shape index (κ2) is 5.48. The lowest BCUT2D eigenvalue weighted by molar-refractivity contribution is 0.432. The Morgan fingerprint density at radius 2 is 2.00 bits per heavy atom. The maximum Gasteiger partial charge on any atom is 0.258 e. The largest absolute Gasteiger partial charge is 0.361 e. The van der Waals surface area contributed by atoms with E-state index in [1.54, 1.807) is 6.26 Å². The van der Waals surface area contributed by atoms with Gasteiger partial charge in [-0.15, -0.1) is 0 Å². The first-order valence-electron chi connectivity index (χ1n) is 7.06. The minimum atomic E-state index is -1.05. The highest BCUT2D eigenvalue weighted by Gasteiger charge is 2.14. The van der Waals surface area contributed by atoms with Gasteiger partial charge in [-0.25, -0.2) is 0 Å². The Kier molecular flexibility index (Phi) is 3.31. The molecular formula is C17H13N3O2S. The van der Waals surface area contributed by atoms with Crippen molar-refractivity contribution < 1.29 is 8.73 Å². The summed E-state index contributed by atoms with van der Waals surface area (Å²) < 4.78 is 17.0. The highest BCUT2D eigenvalue weighted by Crippen LogP contribution is 2.28. The Hall–Kier alpha value is -2.73. The van der Waals surface area contributed by atoms with Gasteiger partial charge in [0.15, 0.2) is 0 Å². The Balaban J connectivity index is 1.79. The summed E-state index contributed by atoms with van der Waals surface area (Å²) in [5, 5.41) is 5.14. The van der Waals surface area contributed by atoms with Crippen LogP contribution in [0.3, 0.4) is 0 Å². The van der Waals surface area contributed by atoms with E-state index in [9.17, 15) is 4.21 Å². The van der Waals surface area contributed by atoms with Gasteiger partial charge >= 0.3 is 0 Å². The Morgan fingerprint density at radius 1 is 1.13 bits per heavy atom. The molecule has 4 rings (SSSR count). The van der Waals surface area contributed by atoms with Crippen molar-refractivity contribution in [3.05, 3.63) is 54.7 Å². The Morgan fingerprint density at radius 3 is 2.87 bits per heavy atom. The summed E-state index contributed by atoms with van der Waals surface area (Å²) in [6.07, 6.45) is 3.53. The molecule has 0 radical (unpaired) electrons. The highest BCUT2D eigenvalue weighted by molar-refractivity contribution is 7.84. The van der Waals surface area contributed by atoms with Gasteiger partial charge in [0.2, 0.25) is 5.82 Å². The molecule has 0 saturated heterocycles. The molecule has 4 aromatic rings. The highest BCUT2D eigenvalue weighted by atomic mass is 32.2. The number of fused-ring (bicyclic) bond motifs is 1. The molecule has 2 aromatic heterocycles. The quantitative estimate of drug-likeness (QED) is 0.625. The van der Waals surface area contributed by atoms with E-state index in [0.29, 0.717) is 11.7 Å². The molecular weight excluding hydrogens is 310 g/mol. The van der Waals surface area contributed by atoms with Crippen LogP contribution in [-0.2, 0) is 10.8 Å². The zero-order valence-corrected chi connectivity index (χ0v) is 13.1. The number of aromatic nitrogens is 3. The van der Waals surface area contributed by atoms with E-state index in [1.807, 2.05) is 54.7 Å². The first kappa shape index (κ1) is 13.9. The molecule has 0 fully saturated rings. The van der Waals surface area contributed by atoms with Gasteiger partial charge in [-0.3, -0.25) is 4.21 Å². The molecule has 0 spiro atoms. The third-order valence-electron chi connectivity index (χ3n) is 3.67. The second-order valence-corrected chi connectivity index (χ2v) is 6.53. The maximum absolute atomic E-state index is 11.6. The predicted octanol–water partition coefficient (Wildman–Crippen LogP) is 3.62. The van der Waals surface area contributed by atoms with E-state index < -0.39 is 10.8 Å². The number of hydrogen-bond donors (Lipinski definition) is 1. The standard InChI is InChI=1S/C17H13N3O2S/c1-23(21)12-5-2-4-11(10-12)17-19-16(20-22-17)14-6-3-7-15-13(14)8-9-18-15/h2-10,18H,1H3. The van der Waals surface area contributed by atoms with Crippen molar-refractivity contribution in [2.45, 2.75) is 4.90 Å². The summed E-state index contributed by atoms with van der Waals surface area (Å²) >= 11 is 0. The van der Waals surface area contributed by atoms with Crippen LogP contribution in [-0.4, -0.2) is 25.6 Å². The molecule has 0 amide bonds. The Bertz CT molecular complexity index is 1020. The van der Waals surface area contributed by atoms with E-state index >= 15 is 0 Å². The van der Waals surface area contributed by atoms with Crippen molar-refractivity contribution in [3.8, 4) is 22.8 Å². The predicted molar refractivity (Wildman–Crippen MR) is 89.4 cm³/mol. The summed E-state index contributed by atoms with van der Waals surface area (Å²) in [4.78, 5) is 8.39. The van der Waals surface area contributed by atoms with Gasteiger partial charge in [0, 0.05) is 50.2 Å². The van der Waals surface area contributed by atoms with Crippen molar-refractivity contribution in [2.75, 3.05) is 6.26 Å². The van der Waals surface area contributed by atoms with E-state index in [1.165, 1.54) is 0 Å². The van der Waals surface area contributed by atoms with Crippen molar-refractivity contribution in [1.29, 1.82) is 0 Å². The average molecular weight is 323 g/mol. The van der Waals surface area contributed by atoms with Crippen molar-refractivity contribution >= 4 is 21.7 Å². The van der Waals surface area contributed by atoms with Crippen LogP contribution in [0.1, 0.15) is 0 Å². The van der Waals surface area contributed by atoms with Gasteiger partial charge in [0.05, 0.1) is 0 Å². The van der Waals surface area contributed by atoms with Crippen LogP contribution < -0.4 is 0 Å². The number of rotatable bonds is 3. The SMILES string of the molecule is CS(=O)c1cccc(-c2nc(-c3cccc4[nH]ccc34)no2)c1. The number of nitrogens with one attached hydrogen (secondary N) is 1. The number of H-pyrrole nitrogens is 1. The molecule has 2 heterocycles. The molecule has 2 aromatic carbocycles. The van der Waals surface area contributed by atoms with Gasteiger partial charge in [0.25, 0.3) is 5.89 Å². The summed E-state index contributed by atoms with van der Waals surface area (Å²) in [5.41, 5.74) is 2.70. The molecule has 1 N–H and O–H groups in total. The fourth-order valence-corrected chi connectivity index (χ4v) is 3.10. The minimum absolute atomic E-state index is 0.417. The van der Waals surface area contributed by atoms with Gasteiger partial charge in [0.1, 0.15) is 0 Å². The number of nitrogens with zero attached hydrogens (tertiary/aromatic N) is 2. The van der Waals surface area contributed by atoms with Crippen LogP contribution in [0.15, 0.2) is 64.1 Å². The number of benzene rings is 2. The fraction of sp³-hybridized carbons (Fsp3) is 0.0588. The number of aromatic amines is 1. The molecule has 114 valence electrons. The summed E-state index contributed by atoms with van der Waals surface area (Å²) in [5.74, 6) is 0.952. The monoisotopic (exact) mass is 323 g/mol. The van der Waals surface area contributed by atoms with Gasteiger partial charge in [-0.1, -0.05) is 23.4 Å². The van der Waals surface area contributed by atoms with Crippen LogP contribution in [0.4, 0.5) is 0 Å². The number of hydrogen-bond acceptors (Lipinski definition) is 4. The lowest BCUT2D eigenvalue weighted by Crippen LogP contribution is -1.88. The maximum atomic E-state index is 11.6. The normalized spacial score (nSPS) is 12.6. The van der Waals surface area contributed by atoms with Crippen LogP contribution >= 0.6 is 0 Å². The smallest absolute Gasteiger partial charge is 0.258 e. The third kappa shape index (κ3) is 2.47. The minimum Gasteiger partial charge on any atom is -0.361 e.